The van der Waals surface area contributed by atoms with Crippen molar-refractivity contribution in [1.29, 1.82) is 0 Å². The Morgan fingerprint density at radius 2 is 1.55 bits per heavy atom. The first kappa shape index (κ1) is 19.8. The van der Waals surface area contributed by atoms with Gasteiger partial charge in [-0.1, -0.05) is 12.1 Å². The Balaban J connectivity index is 0.000000763. The first-order chi connectivity index (χ1) is 9.99. The summed E-state index contributed by atoms with van der Waals surface area (Å²) < 4.78 is 31.6. The van der Waals surface area contributed by atoms with Crippen molar-refractivity contribution < 1.29 is 42.4 Å². The van der Waals surface area contributed by atoms with Crippen molar-refractivity contribution in [1.82, 2.24) is 5.32 Å². The summed E-state index contributed by atoms with van der Waals surface area (Å²) in [4.78, 5) is 21.2. The smallest absolute Gasteiger partial charge is 0.394 e. The summed E-state index contributed by atoms with van der Waals surface area (Å²) in [5.74, 6) is -2.12. The highest BCUT2D eigenvalue weighted by atomic mass is 32.3. The van der Waals surface area contributed by atoms with E-state index in [1.165, 1.54) is 12.1 Å². The van der Waals surface area contributed by atoms with Crippen LogP contribution >= 0.6 is 0 Å². The fourth-order valence-electron chi connectivity index (χ4n) is 1.33. The van der Waals surface area contributed by atoms with E-state index in [4.69, 9.17) is 32.8 Å². The average Bonchev–Trinajstić information content (AvgIpc) is 2.34. The van der Waals surface area contributed by atoms with E-state index < -0.39 is 34.9 Å². The van der Waals surface area contributed by atoms with Crippen molar-refractivity contribution in [2.75, 3.05) is 6.54 Å². The minimum absolute atomic E-state index is 0.0964. The third-order valence-electron chi connectivity index (χ3n) is 2.17. The van der Waals surface area contributed by atoms with E-state index in [0.717, 1.165) is 0 Å². The Hall–Kier alpha value is -2.21. The summed E-state index contributed by atoms with van der Waals surface area (Å²) in [6.45, 7) is -0.408. The number of benzene rings is 1. The highest BCUT2D eigenvalue weighted by Gasteiger charge is 2.18. The van der Waals surface area contributed by atoms with E-state index >= 15 is 0 Å². The molecule has 0 saturated heterocycles. The maximum absolute atomic E-state index is 10.9. The van der Waals surface area contributed by atoms with Gasteiger partial charge in [-0.15, -0.1) is 0 Å². The van der Waals surface area contributed by atoms with Gasteiger partial charge in [0.1, 0.15) is 11.8 Å². The monoisotopic (exact) mass is 337 g/mol. The molecule has 0 aliphatic rings. The van der Waals surface area contributed by atoms with Gasteiger partial charge in [0, 0.05) is 0 Å². The van der Waals surface area contributed by atoms with Crippen LogP contribution in [0.15, 0.2) is 24.3 Å². The molecule has 6 N–H and O–H groups in total. The third-order valence-corrected chi connectivity index (χ3v) is 2.17. The number of rotatable bonds is 6. The fraction of sp³-hybridized carbons (Fsp3) is 0.273. The first-order valence-electron chi connectivity index (χ1n) is 5.65. The number of phenolic OH excluding ortho intramolecular Hbond substituents is 1. The lowest BCUT2D eigenvalue weighted by Crippen LogP contribution is -2.41. The van der Waals surface area contributed by atoms with Gasteiger partial charge in [-0.2, -0.15) is 8.42 Å². The highest BCUT2D eigenvalue weighted by molar-refractivity contribution is 7.79. The zero-order valence-corrected chi connectivity index (χ0v) is 11.9. The number of carboxylic acids is 2. The molecule has 0 heterocycles. The summed E-state index contributed by atoms with van der Waals surface area (Å²) in [5.41, 5.74) is 0.702. The van der Waals surface area contributed by atoms with Crippen LogP contribution in [0.2, 0.25) is 0 Å². The number of carbonyl (C=O) groups is 2. The second-order valence-corrected chi connectivity index (χ2v) is 4.88. The van der Waals surface area contributed by atoms with Crippen molar-refractivity contribution in [3.63, 3.8) is 0 Å². The summed E-state index contributed by atoms with van der Waals surface area (Å²) in [5, 5.41) is 28.8. The molecule has 1 atom stereocenters. The van der Waals surface area contributed by atoms with Crippen LogP contribution < -0.4 is 5.32 Å². The average molecular weight is 337 g/mol. The molecular formula is C11H15NO9S. The molecule has 0 fully saturated rings. The number of phenols is 1. The van der Waals surface area contributed by atoms with Crippen LogP contribution in [0.4, 0.5) is 0 Å². The Bertz CT molecular complexity index is 588. The largest absolute Gasteiger partial charge is 0.508 e. The van der Waals surface area contributed by atoms with Gasteiger partial charge in [0.15, 0.2) is 0 Å². The summed E-state index contributed by atoms with van der Waals surface area (Å²) >= 11 is 0. The quantitative estimate of drug-likeness (QED) is 0.367. The van der Waals surface area contributed by atoms with E-state index in [1.807, 2.05) is 0 Å². The molecule has 0 saturated carbocycles. The highest BCUT2D eigenvalue weighted by Crippen LogP contribution is 2.11. The minimum atomic E-state index is -4.67. The maximum atomic E-state index is 10.9. The van der Waals surface area contributed by atoms with Crippen molar-refractivity contribution in [2.24, 2.45) is 0 Å². The zero-order chi connectivity index (χ0) is 17.3. The van der Waals surface area contributed by atoms with Gasteiger partial charge in [-0.05, 0) is 24.1 Å². The van der Waals surface area contributed by atoms with Crippen LogP contribution in [0, 0.1) is 0 Å². The number of carboxylic acid groups (broad SMARTS) is 2. The minimum Gasteiger partial charge on any atom is -0.508 e. The number of aromatic hydroxyl groups is 1. The second kappa shape index (κ2) is 8.94. The van der Waals surface area contributed by atoms with E-state index in [9.17, 15) is 9.59 Å². The Kier molecular flexibility index (Phi) is 8.04. The van der Waals surface area contributed by atoms with Crippen LogP contribution in [0.25, 0.3) is 0 Å². The molecule has 1 aromatic carbocycles. The van der Waals surface area contributed by atoms with Crippen LogP contribution in [0.1, 0.15) is 5.56 Å². The van der Waals surface area contributed by atoms with Crippen molar-refractivity contribution >= 4 is 22.3 Å². The van der Waals surface area contributed by atoms with Crippen molar-refractivity contribution in [2.45, 2.75) is 12.5 Å². The molecule has 0 spiro atoms. The van der Waals surface area contributed by atoms with E-state index in [0.29, 0.717) is 5.56 Å². The molecule has 0 amide bonds. The number of aliphatic carboxylic acids is 2. The molecule has 1 unspecified atom stereocenters. The van der Waals surface area contributed by atoms with Gasteiger partial charge < -0.3 is 15.3 Å². The van der Waals surface area contributed by atoms with Crippen LogP contribution in [0.5, 0.6) is 5.75 Å². The molecule has 1 aromatic rings. The normalized spacial score (nSPS) is 11.9. The van der Waals surface area contributed by atoms with Gasteiger partial charge >= 0.3 is 22.3 Å². The van der Waals surface area contributed by atoms with Crippen LogP contribution in [0.3, 0.4) is 0 Å². The van der Waals surface area contributed by atoms with Crippen LogP contribution in [-0.4, -0.2) is 57.4 Å². The first-order valence-corrected chi connectivity index (χ1v) is 7.04. The molecule has 0 aromatic heterocycles. The molecule has 0 aliphatic carbocycles. The molecule has 11 heteroatoms. The van der Waals surface area contributed by atoms with E-state index in [2.05, 4.69) is 5.32 Å². The van der Waals surface area contributed by atoms with Crippen molar-refractivity contribution in [3.8, 4) is 5.75 Å². The summed E-state index contributed by atoms with van der Waals surface area (Å²) in [6.07, 6.45) is 0.156. The summed E-state index contributed by atoms with van der Waals surface area (Å²) in [6, 6.07) is 5.12. The molecule has 0 aliphatic heterocycles. The molecule has 1 rings (SSSR count). The number of hydrogen-bond acceptors (Lipinski definition) is 6. The topological polar surface area (TPSA) is 181 Å². The number of hydrogen-bond donors (Lipinski definition) is 6. The molecule has 0 bridgehead atoms. The lowest BCUT2D eigenvalue weighted by molar-refractivity contribution is -0.140. The van der Waals surface area contributed by atoms with Gasteiger partial charge in [-0.25, -0.2) is 0 Å². The Morgan fingerprint density at radius 3 is 1.91 bits per heavy atom. The van der Waals surface area contributed by atoms with Gasteiger partial charge in [0.25, 0.3) is 0 Å². The Labute approximate surface area is 125 Å². The standard InChI is InChI=1S/C11H13NO5.H2O4S/c13-8-3-1-7(2-4-8)5-9(11(16)17)12-6-10(14)15;1-5(2,3)4/h1-4,9,12-13H,5-6H2,(H,14,15)(H,16,17);(H2,1,2,3,4). The molecule has 22 heavy (non-hydrogen) atoms. The van der Waals surface area contributed by atoms with E-state index in [1.54, 1.807) is 12.1 Å². The van der Waals surface area contributed by atoms with Gasteiger partial charge in [0.05, 0.1) is 6.54 Å². The molecule has 0 radical (unpaired) electrons. The molecular weight excluding hydrogens is 322 g/mol. The van der Waals surface area contributed by atoms with E-state index in [-0.39, 0.29) is 12.2 Å². The molecule has 10 nitrogen and oxygen atoms in total. The van der Waals surface area contributed by atoms with Crippen LogP contribution in [-0.2, 0) is 26.4 Å². The zero-order valence-electron chi connectivity index (χ0n) is 11.1. The van der Waals surface area contributed by atoms with Gasteiger partial charge in [-0.3, -0.25) is 24.0 Å². The third kappa shape index (κ3) is 11.6. The fourth-order valence-corrected chi connectivity index (χ4v) is 1.33. The van der Waals surface area contributed by atoms with Crippen molar-refractivity contribution in [3.05, 3.63) is 29.8 Å². The predicted octanol–water partition coefficient (Wildman–Crippen LogP) is -0.591. The lowest BCUT2D eigenvalue weighted by atomic mass is 10.1. The summed E-state index contributed by atoms with van der Waals surface area (Å²) in [7, 11) is -4.67. The Morgan fingerprint density at radius 1 is 1.09 bits per heavy atom. The maximum Gasteiger partial charge on any atom is 0.394 e. The molecule has 124 valence electrons. The second-order valence-electron chi connectivity index (χ2n) is 3.98. The number of nitrogens with one attached hydrogen (secondary N) is 1. The van der Waals surface area contributed by atoms with Gasteiger partial charge in [0.2, 0.25) is 0 Å². The lowest BCUT2D eigenvalue weighted by Gasteiger charge is -2.12. The predicted molar refractivity (Wildman–Crippen MR) is 73.1 cm³/mol. The SMILES string of the molecule is O=C(O)CNC(Cc1ccc(O)cc1)C(=O)O.O=S(=O)(O)O.